The van der Waals surface area contributed by atoms with Crippen LogP contribution in [0.2, 0.25) is 5.02 Å². The van der Waals surface area contributed by atoms with Crippen molar-refractivity contribution in [2.45, 2.75) is 12.8 Å². The maximum Gasteiger partial charge on any atom is 0.147 e. The highest BCUT2D eigenvalue weighted by Crippen LogP contribution is 2.25. The second-order valence-electron chi connectivity index (χ2n) is 5.11. The summed E-state index contributed by atoms with van der Waals surface area (Å²) in [7, 11) is 0. The molecule has 1 aliphatic rings. The molecule has 0 atom stereocenters. The largest absolute Gasteiger partial charge is 0.369 e. The molecule has 4 heteroatoms. The fourth-order valence-electron chi connectivity index (χ4n) is 2.52. The normalized spacial score (nSPS) is 15.0. The van der Waals surface area contributed by atoms with Gasteiger partial charge in [0.2, 0.25) is 0 Å². The van der Waals surface area contributed by atoms with Gasteiger partial charge in [-0.15, -0.1) is 0 Å². The third kappa shape index (κ3) is 3.24. The van der Waals surface area contributed by atoms with Crippen LogP contribution < -0.4 is 4.90 Å². The van der Waals surface area contributed by atoms with Crippen LogP contribution in [0.25, 0.3) is 0 Å². The minimum absolute atomic E-state index is 0.194. The molecule has 0 saturated carbocycles. The molecule has 2 aromatic carbocycles. The summed E-state index contributed by atoms with van der Waals surface area (Å²) < 4.78 is 14.2. The molecule has 0 N–H and O–H groups in total. The first-order chi connectivity index (χ1) is 10.2. The highest BCUT2D eigenvalue weighted by Gasteiger charge is 2.15. The Morgan fingerprint density at radius 2 is 1.86 bits per heavy atom. The number of para-hydroxylation sites is 1. The highest BCUT2D eigenvalue weighted by atomic mass is 35.5. The van der Waals surface area contributed by atoms with Gasteiger partial charge in [0.1, 0.15) is 5.82 Å². The Bertz CT molecular complexity index is 664. The summed E-state index contributed by atoms with van der Waals surface area (Å²) in [5.41, 5.74) is 2.10. The third-order valence-corrected chi connectivity index (χ3v) is 3.94. The maximum atomic E-state index is 14.2. The van der Waals surface area contributed by atoms with Crippen molar-refractivity contribution in [3.8, 4) is 0 Å². The molecule has 1 heterocycles. The van der Waals surface area contributed by atoms with E-state index in [4.69, 9.17) is 11.6 Å². The van der Waals surface area contributed by atoms with Crippen LogP contribution in [0, 0.1) is 5.82 Å². The van der Waals surface area contributed by atoms with Gasteiger partial charge in [0.15, 0.2) is 0 Å². The molecule has 108 valence electrons. The summed E-state index contributed by atoms with van der Waals surface area (Å²) in [5.74, 6) is -0.194. The summed E-state index contributed by atoms with van der Waals surface area (Å²) in [6, 6.07) is 12.6. The van der Waals surface area contributed by atoms with Crippen molar-refractivity contribution in [3.63, 3.8) is 0 Å². The predicted octanol–water partition coefficient (Wildman–Crippen LogP) is 4.83. The summed E-state index contributed by atoms with van der Waals surface area (Å²) in [6.45, 7) is 1.87. The van der Waals surface area contributed by atoms with E-state index in [0.717, 1.165) is 31.5 Å². The molecule has 2 nitrogen and oxygen atoms in total. The van der Waals surface area contributed by atoms with E-state index in [9.17, 15) is 4.39 Å². The topological polar surface area (TPSA) is 15.6 Å². The molecule has 0 aromatic heterocycles. The predicted molar refractivity (Wildman–Crippen MR) is 86.6 cm³/mol. The van der Waals surface area contributed by atoms with Crippen molar-refractivity contribution < 1.29 is 4.39 Å². The van der Waals surface area contributed by atoms with Crippen LogP contribution in [0.15, 0.2) is 47.5 Å². The van der Waals surface area contributed by atoms with Crippen molar-refractivity contribution in [1.29, 1.82) is 0 Å². The van der Waals surface area contributed by atoms with Gasteiger partial charge in [-0.1, -0.05) is 29.8 Å². The van der Waals surface area contributed by atoms with E-state index in [1.54, 1.807) is 12.3 Å². The van der Waals surface area contributed by atoms with Gasteiger partial charge in [-0.25, -0.2) is 4.39 Å². The Balaban J connectivity index is 1.80. The summed E-state index contributed by atoms with van der Waals surface area (Å²) in [4.78, 5) is 6.39. The third-order valence-electron chi connectivity index (χ3n) is 3.62. The van der Waals surface area contributed by atoms with Gasteiger partial charge in [0.05, 0.1) is 16.4 Å². The first kappa shape index (κ1) is 14.1. The van der Waals surface area contributed by atoms with Crippen LogP contribution in [-0.2, 0) is 0 Å². The molecule has 0 amide bonds. The summed E-state index contributed by atoms with van der Waals surface area (Å²) >= 11 is 6.04. The van der Waals surface area contributed by atoms with E-state index in [0.29, 0.717) is 16.4 Å². The fraction of sp³-hybridized carbons (Fsp3) is 0.235. The first-order valence-electron chi connectivity index (χ1n) is 7.07. The van der Waals surface area contributed by atoms with Crippen LogP contribution in [0.5, 0.6) is 0 Å². The van der Waals surface area contributed by atoms with Crippen molar-refractivity contribution in [2.24, 2.45) is 4.99 Å². The van der Waals surface area contributed by atoms with Crippen LogP contribution in [0.4, 0.5) is 15.8 Å². The number of halogens is 2. The molecule has 21 heavy (non-hydrogen) atoms. The molecule has 1 fully saturated rings. The highest BCUT2D eigenvalue weighted by molar-refractivity contribution is 6.33. The number of nitrogens with zero attached hydrogens (tertiary/aromatic N) is 2. The van der Waals surface area contributed by atoms with E-state index in [1.165, 1.54) is 6.07 Å². The molecule has 1 saturated heterocycles. The van der Waals surface area contributed by atoms with E-state index in [2.05, 4.69) is 9.89 Å². The lowest BCUT2D eigenvalue weighted by atomic mass is 10.2. The van der Waals surface area contributed by atoms with Gasteiger partial charge >= 0.3 is 0 Å². The minimum atomic E-state index is -0.194. The second-order valence-corrected chi connectivity index (χ2v) is 5.52. The summed E-state index contributed by atoms with van der Waals surface area (Å²) in [6.07, 6.45) is 3.91. The number of benzene rings is 2. The number of hydrogen-bond acceptors (Lipinski definition) is 2. The van der Waals surface area contributed by atoms with E-state index >= 15 is 0 Å². The van der Waals surface area contributed by atoms with Crippen LogP contribution in [0.1, 0.15) is 18.4 Å². The van der Waals surface area contributed by atoms with Crippen LogP contribution in [-0.4, -0.2) is 19.3 Å². The van der Waals surface area contributed by atoms with Gasteiger partial charge in [0.25, 0.3) is 0 Å². The van der Waals surface area contributed by atoms with E-state index < -0.39 is 0 Å². The molecular formula is C17H16ClFN2. The van der Waals surface area contributed by atoms with Gasteiger partial charge < -0.3 is 4.90 Å². The SMILES string of the molecule is Fc1cc(C=Nc2ccccc2Cl)ccc1N1CCCC1. The number of hydrogen-bond donors (Lipinski definition) is 0. The van der Waals surface area contributed by atoms with Crippen molar-refractivity contribution in [3.05, 3.63) is 58.9 Å². The average Bonchev–Trinajstić information content (AvgIpc) is 3.00. The lowest BCUT2D eigenvalue weighted by molar-refractivity contribution is 0.623. The average molecular weight is 303 g/mol. The van der Waals surface area contributed by atoms with Gasteiger partial charge in [0, 0.05) is 19.3 Å². The second kappa shape index (κ2) is 6.27. The Labute approximate surface area is 128 Å². The van der Waals surface area contributed by atoms with Crippen LogP contribution >= 0.6 is 11.6 Å². The Morgan fingerprint density at radius 3 is 2.57 bits per heavy atom. The number of rotatable bonds is 3. The molecule has 0 unspecified atom stereocenters. The quantitative estimate of drug-likeness (QED) is 0.741. The molecule has 0 bridgehead atoms. The summed E-state index contributed by atoms with van der Waals surface area (Å²) in [5, 5.41) is 0.586. The molecule has 3 rings (SSSR count). The van der Waals surface area contributed by atoms with Crippen LogP contribution in [0.3, 0.4) is 0 Å². The molecule has 1 aliphatic heterocycles. The zero-order chi connectivity index (χ0) is 14.7. The standard InChI is InChI=1S/C17H16ClFN2/c18-14-5-1-2-6-16(14)20-12-13-7-8-17(15(19)11-13)21-9-3-4-10-21/h1-2,5-8,11-12H,3-4,9-10H2. The molecular weight excluding hydrogens is 287 g/mol. The van der Waals surface area contributed by atoms with Gasteiger partial charge in [-0.3, -0.25) is 4.99 Å². The smallest absolute Gasteiger partial charge is 0.147 e. The zero-order valence-corrected chi connectivity index (χ0v) is 12.4. The van der Waals surface area contributed by atoms with Crippen molar-refractivity contribution in [2.75, 3.05) is 18.0 Å². The zero-order valence-electron chi connectivity index (χ0n) is 11.6. The van der Waals surface area contributed by atoms with E-state index in [1.807, 2.05) is 30.3 Å². The lowest BCUT2D eigenvalue weighted by Crippen LogP contribution is -2.18. The van der Waals surface area contributed by atoms with Crippen molar-refractivity contribution in [1.82, 2.24) is 0 Å². The lowest BCUT2D eigenvalue weighted by Gasteiger charge is -2.18. The molecule has 0 aliphatic carbocycles. The number of aliphatic imine (C=N–C) groups is 1. The molecule has 2 aromatic rings. The minimum Gasteiger partial charge on any atom is -0.369 e. The van der Waals surface area contributed by atoms with Crippen molar-refractivity contribution >= 4 is 29.2 Å². The first-order valence-corrected chi connectivity index (χ1v) is 7.45. The monoisotopic (exact) mass is 302 g/mol. The fourth-order valence-corrected chi connectivity index (χ4v) is 2.70. The molecule has 0 radical (unpaired) electrons. The van der Waals surface area contributed by atoms with Gasteiger partial charge in [-0.2, -0.15) is 0 Å². The van der Waals surface area contributed by atoms with Gasteiger partial charge in [-0.05, 0) is 42.7 Å². The Kier molecular flexibility index (Phi) is 4.20. The number of anilines is 1. The Morgan fingerprint density at radius 1 is 1.10 bits per heavy atom. The Hall–Kier alpha value is -1.87. The maximum absolute atomic E-state index is 14.2. The van der Waals surface area contributed by atoms with E-state index in [-0.39, 0.29) is 5.82 Å². The molecule has 0 spiro atoms.